The van der Waals surface area contributed by atoms with E-state index >= 15 is 0 Å². The molecular formula is C22H34N2O2. The maximum absolute atomic E-state index is 5.66. The van der Waals surface area contributed by atoms with Crippen LogP contribution >= 0.6 is 0 Å². The smallest absolute Gasteiger partial charge is 0.123 e. The van der Waals surface area contributed by atoms with Gasteiger partial charge in [-0.25, -0.2) is 0 Å². The first-order valence-corrected chi connectivity index (χ1v) is 10.5. The Hall–Kier alpha value is -1.26. The number of benzene rings is 1. The fraction of sp³-hybridized carbons (Fsp3) is 0.727. The van der Waals surface area contributed by atoms with Crippen LogP contribution in [0.5, 0.6) is 11.5 Å². The normalized spacial score (nSPS) is 28.1. The SMILES string of the molecule is COc1ccc(OC)c(CN2CCN3CCC[C@H]3[C@H]2C2CCCCC2)c1. The predicted molar refractivity (Wildman–Crippen MR) is 105 cm³/mol. The molecule has 2 atom stereocenters. The summed E-state index contributed by atoms with van der Waals surface area (Å²) in [5.74, 6) is 2.78. The molecule has 1 aromatic carbocycles. The highest BCUT2D eigenvalue weighted by Crippen LogP contribution is 2.39. The van der Waals surface area contributed by atoms with Gasteiger partial charge >= 0.3 is 0 Å². The van der Waals surface area contributed by atoms with E-state index in [1.165, 1.54) is 70.1 Å². The summed E-state index contributed by atoms with van der Waals surface area (Å²) in [5, 5.41) is 0. The van der Waals surface area contributed by atoms with Crippen LogP contribution in [0.25, 0.3) is 0 Å². The lowest BCUT2D eigenvalue weighted by Crippen LogP contribution is -2.59. The van der Waals surface area contributed by atoms with Crippen molar-refractivity contribution in [1.29, 1.82) is 0 Å². The first kappa shape index (κ1) is 18.1. The summed E-state index contributed by atoms with van der Waals surface area (Å²) in [6, 6.07) is 7.69. The van der Waals surface area contributed by atoms with Gasteiger partial charge in [-0.15, -0.1) is 0 Å². The van der Waals surface area contributed by atoms with E-state index in [0.29, 0.717) is 6.04 Å². The third-order valence-electron chi connectivity index (χ3n) is 6.90. The Morgan fingerprint density at radius 1 is 0.923 bits per heavy atom. The standard InChI is InChI=1S/C22H34N2O2/c1-25-19-10-11-21(26-2)18(15-19)16-24-14-13-23-12-6-9-20(23)22(24)17-7-4-3-5-8-17/h10-11,15,17,20,22H,3-9,12-14,16H2,1-2H3/t20-,22+/m0/s1. The molecule has 2 aliphatic heterocycles. The number of methoxy groups -OCH3 is 2. The fourth-order valence-corrected chi connectivity index (χ4v) is 5.66. The van der Waals surface area contributed by atoms with Gasteiger partial charge in [-0.05, 0) is 56.3 Å². The molecule has 4 heteroatoms. The second-order valence-corrected chi connectivity index (χ2v) is 8.28. The first-order valence-electron chi connectivity index (χ1n) is 10.5. The van der Waals surface area contributed by atoms with Crippen molar-refractivity contribution in [3.05, 3.63) is 23.8 Å². The van der Waals surface area contributed by atoms with Gasteiger partial charge in [0.2, 0.25) is 0 Å². The van der Waals surface area contributed by atoms with Gasteiger partial charge in [0.1, 0.15) is 11.5 Å². The van der Waals surface area contributed by atoms with E-state index in [2.05, 4.69) is 21.9 Å². The summed E-state index contributed by atoms with van der Waals surface area (Å²) < 4.78 is 11.1. The van der Waals surface area contributed by atoms with E-state index in [4.69, 9.17) is 9.47 Å². The van der Waals surface area contributed by atoms with Crippen molar-refractivity contribution in [3.8, 4) is 11.5 Å². The highest BCUT2D eigenvalue weighted by atomic mass is 16.5. The zero-order valence-electron chi connectivity index (χ0n) is 16.5. The number of piperazine rings is 1. The van der Waals surface area contributed by atoms with Gasteiger partial charge in [0, 0.05) is 37.3 Å². The molecule has 0 N–H and O–H groups in total. The topological polar surface area (TPSA) is 24.9 Å². The summed E-state index contributed by atoms with van der Waals surface area (Å²) in [5.41, 5.74) is 1.26. The van der Waals surface area contributed by atoms with Gasteiger partial charge in [0.05, 0.1) is 14.2 Å². The lowest BCUT2D eigenvalue weighted by Gasteiger charge is -2.49. The fourth-order valence-electron chi connectivity index (χ4n) is 5.66. The van der Waals surface area contributed by atoms with Crippen molar-refractivity contribution in [3.63, 3.8) is 0 Å². The Bertz CT molecular complexity index is 600. The van der Waals surface area contributed by atoms with Gasteiger partial charge in [-0.3, -0.25) is 9.80 Å². The quantitative estimate of drug-likeness (QED) is 0.796. The molecule has 0 aromatic heterocycles. The molecule has 1 aliphatic carbocycles. The highest BCUT2D eigenvalue weighted by molar-refractivity contribution is 5.40. The minimum atomic E-state index is 0.711. The van der Waals surface area contributed by atoms with Crippen LogP contribution in [0.1, 0.15) is 50.5 Å². The van der Waals surface area contributed by atoms with Crippen LogP contribution in [-0.4, -0.2) is 55.7 Å². The van der Waals surface area contributed by atoms with Gasteiger partial charge < -0.3 is 9.47 Å². The van der Waals surface area contributed by atoms with E-state index < -0.39 is 0 Å². The van der Waals surface area contributed by atoms with Crippen molar-refractivity contribution in [2.75, 3.05) is 33.9 Å². The molecule has 1 aromatic rings. The monoisotopic (exact) mass is 358 g/mol. The Labute approximate surface area is 158 Å². The molecular weight excluding hydrogens is 324 g/mol. The zero-order valence-corrected chi connectivity index (χ0v) is 16.5. The number of hydrogen-bond acceptors (Lipinski definition) is 4. The average molecular weight is 359 g/mol. The summed E-state index contributed by atoms with van der Waals surface area (Å²) >= 11 is 0. The van der Waals surface area contributed by atoms with Gasteiger partial charge in [0.25, 0.3) is 0 Å². The number of fused-ring (bicyclic) bond motifs is 1. The molecule has 144 valence electrons. The molecule has 0 bridgehead atoms. The Kier molecular flexibility index (Phi) is 5.70. The van der Waals surface area contributed by atoms with Crippen molar-refractivity contribution < 1.29 is 9.47 Å². The van der Waals surface area contributed by atoms with E-state index in [1.807, 2.05) is 6.07 Å². The second kappa shape index (κ2) is 8.18. The van der Waals surface area contributed by atoms with Crippen molar-refractivity contribution >= 4 is 0 Å². The molecule has 4 nitrogen and oxygen atoms in total. The molecule has 0 amide bonds. The Balaban J connectivity index is 1.59. The van der Waals surface area contributed by atoms with Gasteiger partial charge in [0.15, 0.2) is 0 Å². The molecule has 26 heavy (non-hydrogen) atoms. The Morgan fingerprint density at radius 2 is 1.77 bits per heavy atom. The van der Waals surface area contributed by atoms with E-state index in [0.717, 1.165) is 30.0 Å². The molecule has 1 saturated carbocycles. The molecule has 0 unspecified atom stereocenters. The van der Waals surface area contributed by atoms with Crippen LogP contribution in [0.15, 0.2) is 18.2 Å². The maximum Gasteiger partial charge on any atom is 0.123 e. The zero-order chi connectivity index (χ0) is 17.9. The average Bonchev–Trinajstić information content (AvgIpc) is 3.17. The largest absolute Gasteiger partial charge is 0.497 e. The molecule has 0 radical (unpaired) electrons. The summed E-state index contributed by atoms with van der Waals surface area (Å²) in [6.07, 6.45) is 9.87. The molecule has 0 spiro atoms. The summed E-state index contributed by atoms with van der Waals surface area (Å²) in [4.78, 5) is 5.55. The molecule has 3 aliphatic rings. The lowest BCUT2D eigenvalue weighted by molar-refractivity contribution is -0.00414. The summed E-state index contributed by atoms with van der Waals surface area (Å²) in [6.45, 7) is 4.69. The van der Waals surface area contributed by atoms with Crippen LogP contribution in [0, 0.1) is 5.92 Å². The predicted octanol–water partition coefficient (Wildman–Crippen LogP) is 3.93. The third kappa shape index (κ3) is 3.59. The molecule has 2 saturated heterocycles. The van der Waals surface area contributed by atoms with Crippen molar-refractivity contribution in [2.45, 2.75) is 63.6 Å². The van der Waals surface area contributed by atoms with E-state index in [-0.39, 0.29) is 0 Å². The Morgan fingerprint density at radius 3 is 2.54 bits per heavy atom. The van der Waals surface area contributed by atoms with Gasteiger partial charge in [-0.2, -0.15) is 0 Å². The van der Waals surface area contributed by atoms with Crippen LogP contribution in [0.3, 0.4) is 0 Å². The molecule has 4 rings (SSSR count). The van der Waals surface area contributed by atoms with E-state index in [9.17, 15) is 0 Å². The first-order chi connectivity index (χ1) is 12.8. The molecule has 3 fully saturated rings. The van der Waals surface area contributed by atoms with Crippen LogP contribution in [-0.2, 0) is 6.54 Å². The number of rotatable bonds is 5. The highest BCUT2D eigenvalue weighted by Gasteiger charge is 2.43. The molecule has 2 heterocycles. The van der Waals surface area contributed by atoms with Crippen molar-refractivity contribution in [1.82, 2.24) is 9.80 Å². The minimum absolute atomic E-state index is 0.711. The van der Waals surface area contributed by atoms with Crippen LogP contribution in [0.2, 0.25) is 0 Å². The van der Waals surface area contributed by atoms with Crippen LogP contribution in [0.4, 0.5) is 0 Å². The minimum Gasteiger partial charge on any atom is -0.497 e. The number of ether oxygens (including phenoxy) is 2. The number of nitrogens with zero attached hydrogens (tertiary/aromatic N) is 2. The van der Waals surface area contributed by atoms with Crippen LogP contribution < -0.4 is 9.47 Å². The summed E-state index contributed by atoms with van der Waals surface area (Å²) in [7, 11) is 3.52. The maximum atomic E-state index is 5.66. The van der Waals surface area contributed by atoms with Crippen molar-refractivity contribution in [2.24, 2.45) is 5.92 Å². The van der Waals surface area contributed by atoms with Gasteiger partial charge in [-0.1, -0.05) is 19.3 Å². The lowest BCUT2D eigenvalue weighted by atomic mass is 9.78. The second-order valence-electron chi connectivity index (χ2n) is 8.28. The third-order valence-corrected chi connectivity index (χ3v) is 6.90. The van der Waals surface area contributed by atoms with E-state index in [1.54, 1.807) is 14.2 Å². The number of hydrogen-bond donors (Lipinski definition) is 0.